The number of β-amino-alcohol motifs (C(OH)–C–C–N with tert-alkyl or cyclic N) is 1. The Kier molecular flexibility index (Phi) is 5.63. The summed E-state index contributed by atoms with van der Waals surface area (Å²) in [7, 11) is 0. The number of aliphatic hydroxyl groups is 1. The second-order valence-electron chi connectivity index (χ2n) is 6.82. The number of esters is 1. The van der Waals surface area contributed by atoms with Crippen molar-refractivity contribution >= 4 is 5.97 Å². The Bertz CT molecular complexity index is 344. The van der Waals surface area contributed by atoms with Gasteiger partial charge in [-0.05, 0) is 52.4 Å². The first-order valence-electron chi connectivity index (χ1n) is 8.18. The molecule has 1 saturated heterocycles. The fourth-order valence-electron chi connectivity index (χ4n) is 3.28. The maximum Gasteiger partial charge on any atom is 0.308 e. The van der Waals surface area contributed by atoms with Crippen molar-refractivity contribution < 1.29 is 19.4 Å². The van der Waals surface area contributed by atoms with Crippen LogP contribution in [0.3, 0.4) is 0 Å². The molecule has 1 unspecified atom stereocenters. The molecule has 0 aromatic carbocycles. The van der Waals surface area contributed by atoms with Gasteiger partial charge in [0.25, 0.3) is 0 Å². The van der Waals surface area contributed by atoms with Crippen LogP contribution in [0, 0.1) is 5.92 Å². The zero-order valence-corrected chi connectivity index (χ0v) is 13.3. The molecule has 0 amide bonds. The predicted molar refractivity (Wildman–Crippen MR) is 80.0 cm³/mol. The average Bonchev–Trinajstić information content (AvgIpc) is 2.47. The van der Waals surface area contributed by atoms with Gasteiger partial charge in [0.2, 0.25) is 0 Å². The average molecular weight is 299 g/mol. The van der Waals surface area contributed by atoms with E-state index < -0.39 is 5.60 Å². The second-order valence-corrected chi connectivity index (χ2v) is 6.82. The Balaban J connectivity index is 1.78. The van der Waals surface area contributed by atoms with E-state index in [1.807, 2.05) is 6.92 Å². The molecule has 1 aliphatic carbocycles. The van der Waals surface area contributed by atoms with Crippen LogP contribution in [-0.2, 0) is 14.3 Å². The second kappa shape index (κ2) is 7.07. The van der Waals surface area contributed by atoms with Crippen LogP contribution >= 0.6 is 0 Å². The third kappa shape index (κ3) is 4.66. The molecule has 0 aromatic rings. The molecule has 2 N–H and O–H groups in total. The van der Waals surface area contributed by atoms with Gasteiger partial charge in [-0.15, -0.1) is 0 Å². The number of carbonyl (C=O) groups is 1. The first kappa shape index (κ1) is 16.7. The standard InChI is InChI=1S/C16H29NO4/c1-3-21-14(18)13-5-8-16(19,9-6-13)11-17-15(2)7-4-10-20-12-15/h13,17,19H,3-12H2,1-2H3. The molecule has 0 radical (unpaired) electrons. The van der Waals surface area contributed by atoms with Crippen LogP contribution in [0.1, 0.15) is 52.4 Å². The van der Waals surface area contributed by atoms with E-state index >= 15 is 0 Å². The van der Waals surface area contributed by atoms with Crippen molar-refractivity contribution in [2.75, 3.05) is 26.4 Å². The molecular weight excluding hydrogens is 270 g/mol. The van der Waals surface area contributed by atoms with Crippen molar-refractivity contribution in [2.45, 2.75) is 63.5 Å². The van der Waals surface area contributed by atoms with E-state index in [1.54, 1.807) is 0 Å². The number of nitrogens with one attached hydrogen (secondary N) is 1. The summed E-state index contributed by atoms with van der Waals surface area (Å²) < 4.78 is 10.6. The molecule has 1 atom stereocenters. The van der Waals surface area contributed by atoms with Gasteiger partial charge < -0.3 is 19.9 Å². The van der Waals surface area contributed by atoms with Gasteiger partial charge in [0, 0.05) is 18.7 Å². The highest BCUT2D eigenvalue weighted by Gasteiger charge is 2.38. The molecule has 0 aromatic heterocycles. The van der Waals surface area contributed by atoms with Crippen LogP contribution in [0.5, 0.6) is 0 Å². The molecule has 2 aliphatic rings. The van der Waals surface area contributed by atoms with Crippen LogP contribution in [-0.4, -0.2) is 48.6 Å². The number of hydrogen-bond donors (Lipinski definition) is 2. The number of hydrogen-bond acceptors (Lipinski definition) is 5. The molecule has 0 spiro atoms. The quantitative estimate of drug-likeness (QED) is 0.755. The van der Waals surface area contributed by atoms with Crippen molar-refractivity contribution in [3.05, 3.63) is 0 Å². The van der Waals surface area contributed by atoms with Crippen molar-refractivity contribution in [3.63, 3.8) is 0 Å². The Morgan fingerprint density at radius 1 is 1.38 bits per heavy atom. The number of carbonyl (C=O) groups excluding carboxylic acids is 1. The summed E-state index contributed by atoms with van der Waals surface area (Å²) in [6, 6.07) is 0. The highest BCUT2D eigenvalue weighted by molar-refractivity contribution is 5.72. The fraction of sp³-hybridized carbons (Fsp3) is 0.938. The van der Waals surface area contributed by atoms with Gasteiger partial charge in [-0.25, -0.2) is 0 Å². The molecule has 21 heavy (non-hydrogen) atoms. The number of rotatable bonds is 5. The zero-order chi connectivity index (χ0) is 15.3. The Hall–Kier alpha value is -0.650. The summed E-state index contributed by atoms with van der Waals surface area (Å²) in [4.78, 5) is 11.7. The summed E-state index contributed by atoms with van der Waals surface area (Å²) in [5.41, 5.74) is -0.741. The van der Waals surface area contributed by atoms with Crippen LogP contribution in [0.15, 0.2) is 0 Å². The van der Waals surface area contributed by atoms with Gasteiger partial charge >= 0.3 is 5.97 Å². The van der Waals surface area contributed by atoms with Crippen LogP contribution in [0.4, 0.5) is 0 Å². The molecule has 1 saturated carbocycles. The minimum Gasteiger partial charge on any atom is -0.466 e. The topological polar surface area (TPSA) is 67.8 Å². The summed E-state index contributed by atoms with van der Waals surface area (Å²) in [5.74, 6) is -0.154. The van der Waals surface area contributed by atoms with Crippen molar-refractivity contribution in [3.8, 4) is 0 Å². The lowest BCUT2D eigenvalue weighted by Gasteiger charge is -2.40. The maximum atomic E-state index is 11.7. The highest BCUT2D eigenvalue weighted by atomic mass is 16.5. The molecular formula is C16H29NO4. The highest BCUT2D eigenvalue weighted by Crippen LogP contribution is 2.33. The molecule has 2 fully saturated rings. The lowest BCUT2D eigenvalue weighted by Crippen LogP contribution is -2.55. The maximum absolute atomic E-state index is 11.7. The first-order valence-corrected chi connectivity index (χ1v) is 8.18. The van der Waals surface area contributed by atoms with E-state index in [2.05, 4.69) is 12.2 Å². The monoisotopic (exact) mass is 299 g/mol. The smallest absolute Gasteiger partial charge is 0.308 e. The third-order valence-corrected chi connectivity index (χ3v) is 4.82. The van der Waals surface area contributed by atoms with Gasteiger partial charge in [0.15, 0.2) is 0 Å². The minimum absolute atomic E-state index is 0.0357. The Morgan fingerprint density at radius 2 is 2.10 bits per heavy atom. The van der Waals surface area contributed by atoms with Crippen LogP contribution < -0.4 is 5.32 Å². The predicted octanol–water partition coefficient (Wildman–Crippen LogP) is 1.63. The first-order chi connectivity index (χ1) is 9.96. The Labute approximate surface area is 127 Å². The van der Waals surface area contributed by atoms with Crippen LogP contribution in [0.25, 0.3) is 0 Å². The summed E-state index contributed by atoms with van der Waals surface area (Å²) in [6.45, 7) is 6.52. The molecule has 2 rings (SSSR count). The molecule has 122 valence electrons. The van der Waals surface area contributed by atoms with E-state index in [4.69, 9.17) is 9.47 Å². The molecule has 0 bridgehead atoms. The lowest BCUT2D eigenvalue weighted by molar-refractivity contribution is -0.151. The van der Waals surface area contributed by atoms with Crippen molar-refractivity contribution in [2.24, 2.45) is 5.92 Å². The zero-order valence-electron chi connectivity index (χ0n) is 13.3. The molecule has 1 heterocycles. The van der Waals surface area contributed by atoms with Gasteiger partial charge in [-0.3, -0.25) is 4.79 Å². The Morgan fingerprint density at radius 3 is 2.67 bits per heavy atom. The van der Waals surface area contributed by atoms with E-state index in [1.165, 1.54) is 0 Å². The molecule has 5 heteroatoms. The van der Waals surface area contributed by atoms with Gasteiger partial charge in [0.05, 0.1) is 24.7 Å². The molecule has 1 aliphatic heterocycles. The largest absolute Gasteiger partial charge is 0.466 e. The van der Waals surface area contributed by atoms with E-state index in [0.717, 1.165) is 19.4 Å². The summed E-state index contributed by atoms with van der Waals surface area (Å²) >= 11 is 0. The van der Waals surface area contributed by atoms with E-state index in [9.17, 15) is 9.90 Å². The van der Waals surface area contributed by atoms with E-state index in [-0.39, 0.29) is 17.4 Å². The van der Waals surface area contributed by atoms with Gasteiger partial charge in [0.1, 0.15) is 0 Å². The van der Waals surface area contributed by atoms with Gasteiger partial charge in [-0.1, -0.05) is 0 Å². The third-order valence-electron chi connectivity index (χ3n) is 4.82. The minimum atomic E-state index is -0.705. The van der Waals surface area contributed by atoms with Gasteiger partial charge in [-0.2, -0.15) is 0 Å². The molecule has 5 nitrogen and oxygen atoms in total. The van der Waals surface area contributed by atoms with Crippen LogP contribution in [0.2, 0.25) is 0 Å². The lowest BCUT2D eigenvalue weighted by atomic mass is 9.78. The number of ether oxygens (including phenoxy) is 2. The summed E-state index contributed by atoms with van der Waals surface area (Å²) in [5, 5.41) is 14.2. The fourth-order valence-corrected chi connectivity index (χ4v) is 3.28. The van der Waals surface area contributed by atoms with Crippen molar-refractivity contribution in [1.82, 2.24) is 5.32 Å². The normalized spacial score (nSPS) is 37.2. The summed E-state index contributed by atoms with van der Waals surface area (Å²) in [6.07, 6.45) is 4.87. The van der Waals surface area contributed by atoms with E-state index in [0.29, 0.717) is 45.4 Å². The van der Waals surface area contributed by atoms with Crippen molar-refractivity contribution in [1.29, 1.82) is 0 Å². The SMILES string of the molecule is CCOC(=O)C1CCC(O)(CNC2(C)CCCOC2)CC1.